The van der Waals surface area contributed by atoms with Crippen LogP contribution < -0.4 is 9.47 Å². The van der Waals surface area contributed by atoms with Crippen LogP contribution in [-0.4, -0.2) is 13.4 Å². The molecule has 0 saturated heterocycles. The van der Waals surface area contributed by atoms with Gasteiger partial charge in [-0.05, 0) is 51.8 Å². The van der Waals surface area contributed by atoms with Crippen LogP contribution in [0.3, 0.4) is 0 Å². The Balaban J connectivity index is 1.82. The first kappa shape index (κ1) is 21.3. The van der Waals surface area contributed by atoms with Gasteiger partial charge < -0.3 is 14.2 Å². The molecular weight excluding hydrogens is 463 g/mol. The maximum absolute atomic E-state index is 13.6. The number of ether oxygens (including phenoxy) is 3. The van der Waals surface area contributed by atoms with Gasteiger partial charge in [0.05, 0.1) is 30.9 Å². The van der Waals surface area contributed by atoms with Crippen LogP contribution in [-0.2, 0) is 18.0 Å². The van der Waals surface area contributed by atoms with Crippen LogP contribution in [0.1, 0.15) is 21.5 Å². The Kier molecular flexibility index (Phi) is 7.25. The Morgan fingerprint density at radius 2 is 1.83 bits per heavy atom. The van der Waals surface area contributed by atoms with E-state index in [1.54, 1.807) is 19.2 Å². The normalized spacial score (nSPS) is 10.6. The highest BCUT2D eigenvalue weighted by atomic mass is 79.9. The summed E-state index contributed by atoms with van der Waals surface area (Å²) in [5.41, 5.74) is 1.88. The van der Waals surface area contributed by atoms with Gasteiger partial charge in [0.2, 0.25) is 0 Å². The van der Waals surface area contributed by atoms with Crippen molar-refractivity contribution in [1.82, 2.24) is 0 Å². The summed E-state index contributed by atoms with van der Waals surface area (Å²) in [6.45, 7) is 0.541. The van der Waals surface area contributed by atoms with E-state index in [1.165, 1.54) is 18.2 Å². The summed E-state index contributed by atoms with van der Waals surface area (Å²) in [6, 6.07) is 14.8. The Labute approximate surface area is 181 Å². The molecule has 0 aliphatic heterocycles. The van der Waals surface area contributed by atoms with Gasteiger partial charge >= 0.3 is 0 Å². The summed E-state index contributed by atoms with van der Waals surface area (Å²) in [5.74, 6) is 0.644. The maximum atomic E-state index is 13.6. The molecule has 0 aliphatic rings. The van der Waals surface area contributed by atoms with Crippen LogP contribution in [0.25, 0.3) is 0 Å². The minimum atomic E-state index is -0.496. The summed E-state index contributed by atoms with van der Waals surface area (Å²) < 4.78 is 30.9. The minimum absolute atomic E-state index is 0.115. The molecule has 0 aliphatic carbocycles. The van der Waals surface area contributed by atoms with Gasteiger partial charge in [0.1, 0.15) is 23.1 Å². The van der Waals surface area contributed by atoms with Gasteiger partial charge in [-0.15, -0.1) is 0 Å². The topological polar surface area (TPSA) is 44.8 Å². The third-order valence-corrected chi connectivity index (χ3v) is 5.14. The van der Waals surface area contributed by atoms with Crippen LogP contribution in [0.15, 0.2) is 59.1 Å². The van der Waals surface area contributed by atoms with Crippen LogP contribution in [0.4, 0.5) is 4.39 Å². The zero-order chi connectivity index (χ0) is 20.8. The molecule has 7 heteroatoms. The summed E-state index contributed by atoms with van der Waals surface area (Å²) in [4.78, 5) is 11.6. The first-order valence-electron chi connectivity index (χ1n) is 8.62. The van der Waals surface area contributed by atoms with Crippen molar-refractivity contribution < 1.29 is 23.4 Å². The van der Waals surface area contributed by atoms with Crippen LogP contribution in [0.2, 0.25) is 5.02 Å². The summed E-state index contributed by atoms with van der Waals surface area (Å²) >= 11 is 9.44. The monoisotopic (exact) mass is 478 g/mol. The number of rotatable bonds is 8. The molecule has 4 nitrogen and oxygen atoms in total. The lowest BCUT2D eigenvalue weighted by molar-refractivity contribution is 0.105. The van der Waals surface area contributed by atoms with Crippen molar-refractivity contribution in [2.24, 2.45) is 0 Å². The van der Waals surface area contributed by atoms with Gasteiger partial charge in [0.15, 0.2) is 6.29 Å². The number of aldehydes is 1. The van der Waals surface area contributed by atoms with E-state index in [0.29, 0.717) is 22.9 Å². The molecule has 0 N–H and O–H groups in total. The van der Waals surface area contributed by atoms with Crippen LogP contribution in [0.5, 0.6) is 17.2 Å². The SMILES string of the molecule is COc1ccc(COCc2ccc(Br)c(C=O)c2Oc2cc(F)ccc2Cl)cc1. The van der Waals surface area contributed by atoms with Gasteiger partial charge in [-0.1, -0.05) is 29.8 Å². The molecule has 0 saturated carbocycles. The number of benzene rings is 3. The molecule has 0 aromatic heterocycles. The molecular formula is C22H17BrClFO4. The molecule has 0 atom stereocenters. The highest BCUT2D eigenvalue weighted by Crippen LogP contribution is 2.37. The van der Waals surface area contributed by atoms with E-state index in [1.807, 2.05) is 24.3 Å². The largest absolute Gasteiger partial charge is 0.497 e. The van der Waals surface area contributed by atoms with Gasteiger partial charge in [0, 0.05) is 16.1 Å². The van der Waals surface area contributed by atoms with Gasteiger partial charge in [-0.25, -0.2) is 4.39 Å². The number of carbonyl (C=O) groups is 1. The molecule has 0 heterocycles. The van der Waals surface area contributed by atoms with Gasteiger partial charge in [-0.3, -0.25) is 4.79 Å². The molecule has 3 rings (SSSR count). The fourth-order valence-electron chi connectivity index (χ4n) is 2.63. The average molecular weight is 480 g/mol. The first-order valence-corrected chi connectivity index (χ1v) is 9.79. The fourth-order valence-corrected chi connectivity index (χ4v) is 3.19. The molecule has 3 aromatic rings. The molecule has 0 spiro atoms. The number of hydrogen-bond donors (Lipinski definition) is 0. The van der Waals surface area contributed by atoms with E-state index in [9.17, 15) is 9.18 Å². The van der Waals surface area contributed by atoms with E-state index >= 15 is 0 Å². The van der Waals surface area contributed by atoms with Gasteiger partial charge in [-0.2, -0.15) is 0 Å². The smallest absolute Gasteiger partial charge is 0.154 e. The Hall–Kier alpha value is -2.41. The highest BCUT2D eigenvalue weighted by Gasteiger charge is 2.16. The number of hydrogen-bond acceptors (Lipinski definition) is 4. The van der Waals surface area contributed by atoms with Crippen LogP contribution >= 0.6 is 27.5 Å². The van der Waals surface area contributed by atoms with Crippen molar-refractivity contribution in [3.8, 4) is 17.2 Å². The summed E-state index contributed by atoms with van der Waals surface area (Å²) in [6.07, 6.45) is 0.666. The molecule has 3 aromatic carbocycles. The van der Waals surface area contributed by atoms with Crippen LogP contribution in [0, 0.1) is 5.82 Å². The third kappa shape index (κ3) is 5.35. The number of halogens is 3. The first-order chi connectivity index (χ1) is 14.0. The lowest BCUT2D eigenvalue weighted by Crippen LogP contribution is -2.01. The van der Waals surface area contributed by atoms with Crippen molar-refractivity contribution in [3.63, 3.8) is 0 Å². The zero-order valence-corrected chi connectivity index (χ0v) is 17.8. The maximum Gasteiger partial charge on any atom is 0.154 e. The van der Waals surface area contributed by atoms with E-state index in [-0.39, 0.29) is 28.7 Å². The Morgan fingerprint density at radius 3 is 2.52 bits per heavy atom. The molecule has 0 radical (unpaired) electrons. The van der Waals surface area contributed by atoms with Crippen molar-refractivity contribution in [3.05, 3.63) is 86.6 Å². The Morgan fingerprint density at radius 1 is 1.07 bits per heavy atom. The third-order valence-electron chi connectivity index (χ3n) is 4.13. The second kappa shape index (κ2) is 9.87. The lowest BCUT2D eigenvalue weighted by Gasteiger charge is -2.16. The quantitative estimate of drug-likeness (QED) is 0.343. The molecule has 0 fully saturated rings. The number of carbonyl (C=O) groups excluding carboxylic acids is 1. The minimum Gasteiger partial charge on any atom is -0.497 e. The molecule has 29 heavy (non-hydrogen) atoms. The highest BCUT2D eigenvalue weighted by molar-refractivity contribution is 9.10. The second-order valence-electron chi connectivity index (χ2n) is 6.08. The van der Waals surface area contributed by atoms with Crippen molar-refractivity contribution >= 4 is 33.8 Å². The van der Waals surface area contributed by atoms with E-state index in [0.717, 1.165) is 11.3 Å². The summed E-state index contributed by atoms with van der Waals surface area (Å²) in [7, 11) is 1.61. The van der Waals surface area contributed by atoms with E-state index < -0.39 is 5.82 Å². The van der Waals surface area contributed by atoms with E-state index in [4.69, 9.17) is 25.8 Å². The Bertz CT molecular complexity index is 1010. The standard InChI is InChI=1S/C22H17BrClFO4/c1-27-17-6-2-14(3-7-17)12-28-13-15-4-8-19(23)18(11-26)22(15)29-21-10-16(25)5-9-20(21)24/h2-11H,12-13H2,1H3. The molecule has 0 amide bonds. The predicted octanol–water partition coefficient (Wildman–Crippen LogP) is 6.57. The van der Waals surface area contributed by atoms with Gasteiger partial charge in [0.25, 0.3) is 0 Å². The molecule has 0 unspecified atom stereocenters. The lowest BCUT2D eigenvalue weighted by atomic mass is 10.1. The predicted molar refractivity (Wildman–Crippen MR) is 113 cm³/mol. The van der Waals surface area contributed by atoms with Crippen molar-refractivity contribution in [1.29, 1.82) is 0 Å². The fraction of sp³-hybridized carbons (Fsp3) is 0.136. The van der Waals surface area contributed by atoms with Crippen molar-refractivity contribution in [2.75, 3.05) is 7.11 Å². The molecule has 150 valence electrons. The summed E-state index contributed by atoms with van der Waals surface area (Å²) in [5, 5.41) is 0.230. The zero-order valence-electron chi connectivity index (χ0n) is 15.5. The van der Waals surface area contributed by atoms with E-state index in [2.05, 4.69) is 15.9 Å². The van der Waals surface area contributed by atoms with Crippen molar-refractivity contribution in [2.45, 2.75) is 13.2 Å². The molecule has 0 bridgehead atoms. The number of methoxy groups -OCH3 is 1. The second-order valence-corrected chi connectivity index (χ2v) is 7.35. The average Bonchev–Trinajstić information content (AvgIpc) is 2.73.